The number of nitrogens with zero attached hydrogens (tertiary/aromatic N) is 3. The van der Waals surface area contributed by atoms with Crippen LogP contribution < -0.4 is 4.90 Å². The lowest BCUT2D eigenvalue weighted by molar-refractivity contribution is 0.692. The Hall–Kier alpha value is -0.920. The minimum absolute atomic E-state index is 0.381. The molecule has 1 aromatic heterocycles. The molecule has 1 saturated heterocycles. The van der Waals surface area contributed by atoms with Gasteiger partial charge in [0.2, 0.25) is 0 Å². The molecule has 1 aromatic rings. The number of pyridine rings is 1. The highest BCUT2D eigenvalue weighted by molar-refractivity contribution is 7.99. The molecule has 1 unspecified atom stereocenters. The van der Waals surface area contributed by atoms with Crippen LogP contribution >= 0.6 is 23.4 Å². The second kappa shape index (κ2) is 4.94. The molecule has 16 heavy (non-hydrogen) atoms. The molecular weight excluding hydrogens is 242 g/mol. The molecule has 84 valence electrons. The zero-order valence-corrected chi connectivity index (χ0v) is 10.6. The van der Waals surface area contributed by atoms with Crippen LogP contribution in [-0.2, 0) is 0 Å². The number of halogens is 1. The number of anilines is 1. The van der Waals surface area contributed by atoms with Crippen molar-refractivity contribution in [3.63, 3.8) is 0 Å². The second-order valence-electron chi connectivity index (χ2n) is 3.78. The lowest BCUT2D eigenvalue weighted by Gasteiger charge is -2.24. The van der Waals surface area contributed by atoms with Crippen molar-refractivity contribution < 1.29 is 0 Å². The van der Waals surface area contributed by atoms with Gasteiger partial charge in [-0.3, -0.25) is 0 Å². The van der Waals surface area contributed by atoms with Gasteiger partial charge in [0.25, 0.3) is 0 Å². The number of thioether (sulfide) groups is 1. The Labute approximate surface area is 104 Å². The fourth-order valence-corrected chi connectivity index (χ4v) is 3.21. The van der Waals surface area contributed by atoms with Crippen LogP contribution in [0.3, 0.4) is 0 Å². The van der Waals surface area contributed by atoms with E-state index >= 15 is 0 Å². The minimum atomic E-state index is 0.381. The largest absolute Gasteiger partial charge is 0.356 e. The average molecular weight is 254 g/mol. The SMILES string of the molecule is CN(c1cc(C#N)cc(Cl)n1)C1CCSC1. The van der Waals surface area contributed by atoms with Crippen molar-refractivity contribution in [2.24, 2.45) is 0 Å². The van der Waals surface area contributed by atoms with E-state index in [4.69, 9.17) is 16.9 Å². The Morgan fingerprint density at radius 2 is 2.44 bits per heavy atom. The molecule has 2 heterocycles. The van der Waals surface area contributed by atoms with E-state index in [1.165, 1.54) is 5.75 Å². The van der Waals surface area contributed by atoms with Crippen molar-refractivity contribution in [2.75, 3.05) is 23.5 Å². The molecule has 0 amide bonds. The predicted molar refractivity (Wildman–Crippen MR) is 68.1 cm³/mol. The molecular formula is C11H12ClN3S. The molecule has 1 aliphatic heterocycles. The molecule has 0 aromatic carbocycles. The molecule has 2 rings (SSSR count). The van der Waals surface area contributed by atoms with Gasteiger partial charge in [0.15, 0.2) is 0 Å². The Morgan fingerprint density at radius 3 is 3.06 bits per heavy atom. The van der Waals surface area contributed by atoms with Gasteiger partial charge < -0.3 is 4.90 Å². The number of hydrogen-bond donors (Lipinski definition) is 0. The second-order valence-corrected chi connectivity index (χ2v) is 5.31. The molecule has 5 heteroatoms. The minimum Gasteiger partial charge on any atom is -0.356 e. The summed E-state index contributed by atoms with van der Waals surface area (Å²) < 4.78 is 0. The van der Waals surface area contributed by atoms with E-state index in [-0.39, 0.29) is 0 Å². The highest BCUT2D eigenvalue weighted by Crippen LogP contribution is 2.26. The van der Waals surface area contributed by atoms with Crippen LogP contribution in [0, 0.1) is 11.3 Å². The zero-order valence-electron chi connectivity index (χ0n) is 8.98. The van der Waals surface area contributed by atoms with Gasteiger partial charge in [0, 0.05) is 18.8 Å². The quantitative estimate of drug-likeness (QED) is 0.760. The lowest BCUT2D eigenvalue weighted by Crippen LogP contribution is -2.32. The number of aromatic nitrogens is 1. The van der Waals surface area contributed by atoms with Gasteiger partial charge in [-0.2, -0.15) is 17.0 Å². The van der Waals surface area contributed by atoms with Crippen LogP contribution in [-0.4, -0.2) is 29.6 Å². The highest BCUT2D eigenvalue weighted by atomic mass is 35.5. The van der Waals surface area contributed by atoms with E-state index in [1.807, 2.05) is 18.8 Å². The van der Waals surface area contributed by atoms with Crippen molar-refractivity contribution in [2.45, 2.75) is 12.5 Å². The maximum Gasteiger partial charge on any atom is 0.132 e. The van der Waals surface area contributed by atoms with Gasteiger partial charge in [0.05, 0.1) is 11.6 Å². The van der Waals surface area contributed by atoms with Crippen molar-refractivity contribution in [1.29, 1.82) is 5.26 Å². The topological polar surface area (TPSA) is 39.9 Å². The van der Waals surface area contributed by atoms with Crippen molar-refractivity contribution >= 4 is 29.2 Å². The van der Waals surface area contributed by atoms with Crippen LogP contribution in [0.15, 0.2) is 12.1 Å². The molecule has 0 spiro atoms. The van der Waals surface area contributed by atoms with Crippen molar-refractivity contribution in [3.05, 3.63) is 22.8 Å². The van der Waals surface area contributed by atoms with Crippen molar-refractivity contribution in [3.8, 4) is 6.07 Å². The summed E-state index contributed by atoms with van der Waals surface area (Å²) in [6.45, 7) is 0. The van der Waals surface area contributed by atoms with Crippen molar-refractivity contribution in [1.82, 2.24) is 4.98 Å². The van der Waals surface area contributed by atoms with Crippen LogP contribution in [0.5, 0.6) is 0 Å². The van der Waals surface area contributed by atoms with E-state index in [2.05, 4.69) is 16.0 Å². The summed E-state index contributed by atoms with van der Waals surface area (Å²) in [7, 11) is 2.01. The first kappa shape index (κ1) is 11.6. The van der Waals surface area contributed by atoms with E-state index in [1.54, 1.807) is 12.1 Å². The van der Waals surface area contributed by atoms with Gasteiger partial charge in [-0.1, -0.05) is 11.6 Å². The molecule has 0 radical (unpaired) electrons. The molecule has 0 N–H and O–H groups in total. The molecule has 0 aliphatic carbocycles. The molecule has 1 fully saturated rings. The fraction of sp³-hybridized carbons (Fsp3) is 0.455. The summed E-state index contributed by atoms with van der Waals surface area (Å²) >= 11 is 7.84. The highest BCUT2D eigenvalue weighted by Gasteiger charge is 2.21. The Morgan fingerprint density at radius 1 is 1.62 bits per heavy atom. The summed E-state index contributed by atoms with van der Waals surface area (Å²) in [4.78, 5) is 6.38. The Kier molecular flexibility index (Phi) is 3.57. The third-order valence-electron chi connectivity index (χ3n) is 2.72. The van der Waals surface area contributed by atoms with E-state index in [0.717, 1.165) is 18.0 Å². The van der Waals surface area contributed by atoms with Crippen LogP contribution in [0.25, 0.3) is 0 Å². The summed E-state index contributed by atoms with van der Waals surface area (Å²) in [5.74, 6) is 3.10. The Bertz CT molecular complexity index is 424. The Balaban J connectivity index is 2.25. The molecule has 1 aliphatic rings. The molecule has 0 bridgehead atoms. The third kappa shape index (κ3) is 2.42. The molecule has 0 saturated carbocycles. The third-order valence-corrected chi connectivity index (χ3v) is 4.06. The first-order valence-corrected chi connectivity index (χ1v) is 6.62. The summed E-state index contributed by atoms with van der Waals surface area (Å²) in [6.07, 6.45) is 1.16. The number of rotatable bonds is 2. The molecule has 1 atom stereocenters. The average Bonchev–Trinajstić information content (AvgIpc) is 2.80. The summed E-state index contributed by atoms with van der Waals surface area (Å²) in [5.41, 5.74) is 0.563. The predicted octanol–water partition coefficient (Wildman–Crippen LogP) is 2.55. The van der Waals surface area contributed by atoms with Crippen LogP contribution in [0.2, 0.25) is 5.15 Å². The standard InChI is InChI=1S/C11H12ClN3S/c1-15(9-2-3-16-7-9)11-5-8(6-13)4-10(12)14-11/h4-5,9H,2-3,7H2,1H3. The molecule has 3 nitrogen and oxygen atoms in total. The monoisotopic (exact) mass is 253 g/mol. The van der Waals surface area contributed by atoms with Gasteiger partial charge in [-0.15, -0.1) is 0 Å². The van der Waals surface area contributed by atoms with Gasteiger partial charge in [0.1, 0.15) is 11.0 Å². The fourth-order valence-electron chi connectivity index (χ4n) is 1.74. The number of hydrogen-bond acceptors (Lipinski definition) is 4. The maximum atomic E-state index is 8.87. The lowest BCUT2D eigenvalue weighted by atomic mass is 10.2. The zero-order chi connectivity index (χ0) is 11.5. The van der Waals surface area contributed by atoms with E-state index < -0.39 is 0 Å². The van der Waals surface area contributed by atoms with Crippen LogP contribution in [0.4, 0.5) is 5.82 Å². The first-order valence-electron chi connectivity index (χ1n) is 5.09. The van der Waals surface area contributed by atoms with Gasteiger partial charge in [-0.05, 0) is 24.3 Å². The van der Waals surface area contributed by atoms with Gasteiger partial charge in [-0.25, -0.2) is 4.98 Å². The van der Waals surface area contributed by atoms with Crippen LogP contribution in [0.1, 0.15) is 12.0 Å². The van der Waals surface area contributed by atoms with E-state index in [0.29, 0.717) is 16.8 Å². The summed E-state index contributed by atoms with van der Waals surface area (Å²) in [6, 6.07) is 5.97. The van der Waals surface area contributed by atoms with Gasteiger partial charge >= 0.3 is 0 Å². The number of nitriles is 1. The maximum absolute atomic E-state index is 8.87. The van der Waals surface area contributed by atoms with E-state index in [9.17, 15) is 0 Å². The smallest absolute Gasteiger partial charge is 0.132 e. The summed E-state index contributed by atoms with van der Waals surface area (Å²) in [5, 5.41) is 9.26. The normalized spacial score (nSPS) is 19.4. The first-order chi connectivity index (χ1) is 7.70.